The van der Waals surface area contributed by atoms with E-state index >= 15 is 0 Å². The average molecular weight is 362 g/mol. The number of hydrogen-bond acceptors (Lipinski definition) is 4. The van der Waals surface area contributed by atoms with E-state index < -0.39 is 0 Å². The van der Waals surface area contributed by atoms with Crippen LogP contribution in [-0.4, -0.2) is 37.2 Å². The van der Waals surface area contributed by atoms with E-state index in [1.165, 1.54) is 0 Å². The van der Waals surface area contributed by atoms with Crippen molar-refractivity contribution in [3.8, 4) is 11.1 Å². The van der Waals surface area contributed by atoms with Gasteiger partial charge in [-0.15, -0.1) is 0 Å². The molecule has 4 heterocycles. The Morgan fingerprint density at radius 2 is 1.93 bits per heavy atom. The second kappa shape index (κ2) is 6.06. The predicted molar refractivity (Wildman–Crippen MR) is 105 cm³/mol. The van der Waals surface area contributed by atoms with Gasteiger partial charge in [0.2, 0.25) is 0 Å². The zero-order valence-corrected chi connectivity index (χ0v) is 15.5. The number of imidazole rings is 1. The Kier molecular flexibility index (Phi) is 3.65. The van der Waals surface area contributed by atoms with E-state index in [0.717, 1.165) is 64.9 Å². The molecule has 1 saturated heterocycles. The highest BCUT2D eigenvalue weighted by Crippen LogP contribution is 2.30. The number of benzene rings is 1. The van der Waals surface area contributed by atoms with E-state index in [0.29, 0.717) is 0 Å². The summed E-state index contributed by atoms with van der Waals surface area (Å²) in [6.07, 6.45) is 5.52. The number of pyridine rings is 1. The molecule has 0 unspecified atom stereocenters. The molecular weight excluding hydrogens is 340 g/mol. The number of aryl methyl sites for hydroxylation is 2. The van der Waals surface area contributed by atoms with Gasteiger partial charge in [0.15, 0.2) is 5.65 Å². The summed E-state index contributed by atoms with van der Waals surface area (Å²) < 4.78 is 3.75. The molecule has 138 valence electrons. The number of nitrogens with one attached hydrogen (secondary N) is 2. The van der Waals surface area contributed by atoms with Crippen LogP contribution in [0.15, 0.2) is 35.5 Å². The molecule has 1 fully saturated rings. The van der Waals surface area contributed by atoms with E-state index in [1.54, 1.807) is 10.8 Å². The molecule has 2 N–H and O–H groups in total. The molecule has 0 bridgehead atoms. The zero-order valence-electron chi connectivity index (χ0n) is 15.5. The van der Waals surface area contributed by atoms with E-state index in [4.69, 9.17) is 0 Å². The van der Waals surface area contributed by atoms with Gasteiger partial charge in [-0.2, -0.15) is 5.10 Å². The third-order valence-electron chi connectivity index (χ3n) is 5.61. The fourth-order valence-electron chi connectivity index (χ4n) is 4.26. The monoisotopic (exact) mass is 362 g/mol. The van der Waals surface area contributed by atoms with Crippen molar-refractivity contribution < 1.29 is 0 Å². The number of aromatic nitrogens is 5. The molecule has 1 aliphatic heterocycles. The van der Waals surface area contributed by atoms with Crippen LogP contribution in [0, 0.1) is 13.8 Å². The number of piperidine rings is 1. The predicted octanol–water partition coefficient (Wildman–Crippen LogP) is 2.58. The van der Waals surface area contributed by atoms with E-state index in [9.17, 15) is 4.79 Å². The molecule has 0 radical (unpaired) electrons. The molecule has 1 aliphatic rings. The Hall–Kier alpha value is -2.93. The Labute approximate surface area is 156 Å². The summed E-state index contributed by atoms with van der Waals surface area (Å²) in [5, 5.41) is 7.64. The number of aromatic amines is 1. The van der Waals surface area contributed by atoms with Crippen molar-refractivity contribution in [3.05, 3.63) is 52.3 Å². The van der Waals surface area contributed by atoms with Crippen LogP contribution in [0.25, 0.3) is 27.8 Å². The highest BCUT2D eigenvalue weighted by molar-refractivity contribution is 5.84. The van der Waals surface area contributed by atoms with Crippen LogP contribution in [0.4, 0.5) is 0 Å². The fourth-order valence-corrected chi connectivity index (χ4v) is 4.26. The highest BCUT2D eigenvalue weighted by Gasteiger charge is 2.20. The summed E-state index contributed by atoms with van der Waals surface area (Å²) in [5.41, 5.74) is 7.11. The van der Waals surface area contributed by atoms with Gasteiger partial charge in [-0.25, -0.2) is 14.3 Å². The first kappa shape index (κ1) is 16.3. The van der Waals surface area contributed by atoms with Crippen molar-refractivity contribution in [2.75, 3.05) is 13.1 Å². The Balaban J connectivity index is 1.68. The summed E-state index contributed by atoms with van der Waals surface area (Å²) in [6, 6.07) is 6.60. The number of rotatable bonds is 2. The molecule has 7 heteroatoms. The number of fused-ring (bicyclic) bond motifs is 2. The molecular formula is C20H22N6O. The SMILES string of the molecule is Cc1cc2c(cc1-c1cc(C)c3ncnn3c1)[nH]c(=O)n2C1CCNCC1. The van der Waals surface area contributed by atoms with Crippen molar-refractivity contribution in [1.29, 1.82) is 0 Å². The summed E-state index contributed by atoms with van der Waals surface area (Å²) in [6.45, 7) is 6.05. The minimum Gasteiger partial charge on any atom is -0.317 e. The second-order valence-corrected chi connectivity index (χ2v) is 7.41. The summed E-state index contributed by atoms with van der Waals surface area (Å²) >= 11 is 0. The standard InChI is InChI=1S/C20H22N6O/c1-12-8-18-17(24-20(27)26(18)15-3-5-21-6-4-15)9-16(12)14-7-13(2)19-22-11-23-25(19)10-14/h7-11,15,21H,3-6H2,1-2H3,(H,24,27). The van der Waals surface area contributed by atoms with Crippen molar-refractivity contribution in [2.45, 2.75) is 32.7 Å². The Bertz CT molecular complexity index is 1210. The van der Waals surface area contributed by atoms with Gasteiger partial charge in [0.05, 0.1) is 11.0 Å². The highest BCUT2D eigenvalue weighted by atomic mass is 16.1. The van der Waals surface area contributed by atoms with Gasteiger partial charge < -0.3 is 10.3 Å². The van der Waals surface area contributed by atoms with Gasteiger partial charge in [0.25, 0.3) is 0 Å². The Morgan fingerprint density at radius 1 is 1.11 bits per heavy atom. The molecule has 5 rings (SSSR count). The van der Waals surface area contributed by atoms with Gasteiger partial charge in [0, 0.05) is 17.8 Å². The van der Waals surface area contributed by atoms with Crippen molar-refractivity contribution in [1.82, 2.24) is 29.5 Å². The number of nitrogens with zero attached hydrogens (tertiary/aromatic N) is 4. The average Bonchev–Trinajstić information content (AvgIpc) is 3.25. The lowest BCUT2D eigenvalue weighted by Gasteiger charge is -2.24. The van der Waals surface area contributed by atoms with Gasteiger partial charge >= 0.3 is 5.69 Å². The number of H-pyrrole nitrogens is 1. The lowest BCUT2D eigenvalue weighted by atomic mass is 9.99. The molecule has 0 spiro atoms. The summed E-state index contributed by atoms with van der Waals surface area (Å²) in [5.74, 6) is 0. The normalized spacial score (nSPS) is 15.8. The van der Waals surface area contributed by atoms with Gasteiger partial charge in [-0.3, -0.25) is 4.57 Å². The van der Waals surface area contributed by atoms with Crippen molar-refractivity contribution in [2.24, 2.45) is 0 Å². The topological polar surface area (TPSA) is 80.0 Å². The first-order valence-electron chi connectivity index (χ1n) is 9.38. The molecule has 0 saturated carbocycles. The lowest BCUT2D eigenvalue weighted by molar-refractivity contribution is 0.368. The molecule has 3 aromatic heterocycles. The summed E-state index contributed by atoms with van der Waals surface area (Å²) in [7, 11) is 0. The quantitative estimate of drug-likeness (QED) is 0.574. The largest absolute Gasteiger partial charge is 0.326 e. The van der Waals surface area contributed by atoms with Gasteiger partial charge in [0.1, 0.15) is 6.33 Å². The summed E-state index contributed by atoms with van der Waals surface area (Å²) in [4.78, 5) is 20.0. The van der Waals surface area contributed by atoms with Crippen molar-refractivity contribution in [3.63, 3.8) is 0 Å². The maximum Gasteiger partial charge on any atom is 0.326 e. The third kappa shape index (κ3) is 2.57. The molecule has 7 nitrogen and oxygen atoms in total. The fraction of sp³-hybridized carbons (Fsp3) is 0.350. The minimum absolute atomic E-state index is 0.0173. The molecule has 27 heavy (non-hydrogen) atoms. The van der Waals surface area contributed by atoms with E-state index in [-0.39, 0.29) is 11.7 Å². The maximum atomic E-state index is 12.7. The van der Waals surface area contributed by atoms with Gasteiger partial charge in [-0.05, 0) is 74.7 Å². The number of hydrogen-bond donors (Lipinski definition) is 2. The smallest absolute Gasteiger partial charge is 0.317 e. The van der Waals surface area contributed by atoms with Crippen LogP contribution in [0.1, 0.15) is 30.0 Å². The maximum absolute atomic E-state index is 12.7. The van der Waals surface area contributed by atoms with Crippen LogP contribution >= 0.6 is 0 Å². The van der Waals surface area contributed by atoms with Gasteiger partial charge in [-0.1, -0.05) is 0 Å². The Morgan fingerprint density at radius 3 is 2.74 bits per heavy atom. The molecule has 0 amide bonds. The zero-order chi connectivity index (χ0) is 18.5. The third-order valence-corrected chi connectivity index (χ3v) is 5.61. The molecule has 1 aromatic carbocycles. The second-order valence-electron chi connectivity index (χ2n) is 7.41. The first-order valence-corrected chi connectivity index (χ1v) is 9.38. The van der Waals surface area contributed by atoms with Crippen LogP contribution in [-0.2, 0) is 0 Å². The molecule has 0 atom stereocenters. The first-order chi connectivity index (χ1) is 13.1. The van der Waals surface area contributed by atoms with Crippen molar-refractivity contribution >= 4 is 16.7 Å². The van der Waals surface area contributed by atoms with Crippen LogP contribution in [0.3, 0.4) is 0 Å². The van der Waals surface area contributed by atoms with E-state index in [2.05, 4.69) is 45.5 Å². The minimum atomic E-state index is -0.0173. The van der Waals surface area contributed by atoms with Crippen LogP contribution in [0.5, 0.6) is 0 Å². The van der Waals surface area contributed by atoms with Crippen LogP contribution < -0.4 is 11.0 Å². The van der Waals surface area contributed by atoms with E-state index in [1.807, 2.05) is 17.7 Å². The molecule has 0 aliphatic carbocycles. The molecule has 4 aromatic rings. The van der Waals surface area contributed by atoms with Crippen LogP contribution in [0.2, 0.25) is 0 Å². The lowest BCUT2D eigenvalue weighted by Crippen LogP contribution is -2.33.